The van der Waals surface area contributed by atoms with E-state index in [1.807, 2.05) is 60.7 Å². The highest BCUT2D eigenvalue weighted by atomic mass is 32.2. The van der Waals surface area contributed by atoms with E-state index in [0.717, 1.165) is 12.0 Å². The van der Waals surface area contributed by atoms with Crippen molar-refractivity contribution in [1.82, 2.24) is 9.21 Å². The van der Waals surface area contributed by atoms with Gasteiger partial charge in [0.1, 0.15) is 5.75 Å². The van der Waals surface area contributed by atoms with Gasteiger partial charge in [0.05, 0.1) is 10.9 Å². The summed E-state index contributed by atoms with van der Waals surface area (Å²) < 4.78 is 34.4. The first-order valence-corrected chi connectivity index (χ1v) is 16.3. The third-order valence-corrected chi connectivity index (χ3v) is 9.98. The highest BCUT2D eigenvalue weighted by molar-refractivity contribution is 7.89. The van der Waals surface area contributed by atoms with Crippen LogP contribution in [0.5, 0.6) is 5.75 Å². The number of hydrogen-bond donors (Lipinski definition) is 1. The second kappa shape index (κ2) is 14.0. The van der Waals surface area contributed by atoms with Gasteiger partial charge in [-0.3, -0.25) is 9.69 Å². The van der Waals surface area contributed by atoms with Crippen molar-refractivity contribution in [3.8, 4) is 5.75 Å². The molecule has 1 saturated heterocycles. The zero-order chi connectivity index (χ0) is 30.2. The maximum absolute atomic E-state index is 13.5. The summed E-state index contributed by atoms with van der Waals surface area (Å²) in [6.45, 7) is 6.13. The van der Waals surface area contributed by atoms with Crippen molar-refractivity contribution in [2.24, 2.45) is 0 Å². The zero-order valence-electron chi connectivity index (χ0n) is 24.7. The number of ether oxygens (including phenoxy) is 1. The van der Waals surface area contributed by atoms with Crippen LogP contribution in [0, 0.1) is 0 Å². The summed E-state index contributed by atoms with van der Waals surface area (Å²) in [5, 5.41) is 2.80. The molecule has 8 heteroatoms. The lowest BCUT2D eigenvalue weighted by Crippen LogP contribution is -2.49. The molecule has 43 heavy (non-hydrogen) atoms. The fourth-order valence-electron chi connectivity index (χ4n) is 5.53. The Morgan fingerprint density at radius 2 is 1.35 bits per heavy atom. The van der Waals surface area contributed by atoms with Crippen molar-refractivity contribution < 1.29 is 17.9 Å². The van der Waals surface area contributed by atoms with Crippen LogP contribution < -0.4 is 10.1 Å². The summed E-state index contributed by atoms with van der Waals surface area (Å²) in [7, 11) is -3.68. The number of hydrogen-bond acceptors (Lipinski definition) is 5. The maximum Gasteiger partial charge on any atom is 0.262 e. The number of para-hydroxylation sites is 1. The van der Waals surface area contributed by atoms with Gasteiger partial charge in [0.2, 0.25) is 10.0 Å². The maximum atomic E-state index is 13.5. The van der Waals surface area contributed by atoms with Gasteiger partial charge in [-0.15, -0.1) is 0 Å². The van der Waals surface area contributed by atoms with Gasteiger partial charge in [-0.1, -0.05) is 92.7 Å². The monoisotopic (exact) mass is 597 g/mol. The molecule has 1 amide bonds. The Balaban J connectivity index is 1.19. The molecule has 1 aliphatic rings. The van der Waals surface area contributed by atoms with E-state index >= 15 is 0 Å². The molecule has 4 aromatic carbocycles. The van der Waals surface area contributed by atoms with Gasteiger partial charge >= 0.3 is 0 Å². The number of rotatable bonds is 11. The Morgan fingerprint density at radius 1 is 0.791 bits per heavy atom. The number of benzene rings is 4. The fraction of sp³-hybridized carbons (Fsp3) is 0.286. The van der Waals surface area contributed by atoms with Crippen LogP contribution in [0.15, 0.2) is 114 Å². The molecule has 1 aliphatic heterocycles. The van der Waals surface area contributed by atoms with Gasteiger partial charge in [0.15, 0.2) is 6.61 Å². The number of carbonyl (C=O) groups excluding carboxylic acids is 1. The fourth-order valence-corrected chi connectivity index (χ4v) is 6.95. The standard InChI is InChI=1S/C35H39N3O4S/c1-3-27(2)32-16-10-11-17-33(32)42-26-34(39)36-30-18-20-31(21-19-30)43(40,41)38-24-22-37(23-25-38)35(28-12-6-4-7-13-28)29-14-8-5-9-15-29/h4-21,27,35H,3,22-26H2,1-2H3,(H,36,39). The number of nitrogens with zero attached hydrogens (tertiary/aromatic N) is 2. The van der Waals surface area contributed by atoms with E-state index < -0.39 is 10.0 Å². The minimum atomic E-state index is -3.68. The average Bonchev–Trinajstić information content (AvgIpc) is 3.05. The minimum absolute atomic E-state index is 0.0580. The molecule has 0 aliphatic carbocycles. The molecular formula is C35H39N3O4S. The van der Waals surface area contributed by atoms with E-state index in [4.69, 9.17) is 4.74 Å². The van der Waals surface area contributed by atoms with Crippen LogP contribution in [0.3, 0.4) is 0 Å². The second-order valence-electron chi connectivity index (χ2n) is 10.9. The molecule has 1 fully saturated rings. The molecule has 1 atom stereocenters. The predicted octanol–water partition coefficient (Wildman–Crippen LogP) is 6.31. The van der Waals surface area contributed by atoms with Crippen molar-refractivity contribution in [3.05, 3.63) is 126 Å². The van der Waals surface area contributed by atoms with Gasteiger partial charge in [-0.25, -0.2) is 8.42 Å². The third kappa shape index (κ3) is 7.33. The molecular weight excluding hydrogens is 558 g/mol. The first kappa shape index (κ1) is 30.5. The van der Waals surface area contributed by atoms with Crippen molar-refractivity contribution in [1.29, 1.82) is 0 Å². The summed E-state index contributed by atoms with van der Waals surface area (Å²) in [6.07, 6.45) is 0.972. The number of anilines is 1. The third-order valence-electron chi connectivity index (χ3n) is 8.07. The SMILES string of the molecule is CCC(C)c1ccccc1OCC(=O)Nc1ccc(S(=O)(=O)N2CCN(C(c3ccccc3)c3ccccc3)CC2)cc1. The van der Waals surface area contributed by atoms with Crippen LogP contribution >= 0.6 is 0 Å². The molecule has 0 radical (unpaired) electrons. The van der Waals surface area contributed by atoms with Gasteiger partial charge in [-0.05, 0) is 59.4 Å². The van der Waals surface area contributed by atoms with Crippen molar-refractivity contribution in [3.63, 3.8) is 0 Å². The van der Waals surface area contributed by atoms with E-state index in [-0.39, 0.29) is 23.5 Å². The number of sulfonamides is 1. The molecule has 4 aromatic rings. The van der Waals surface area contributed by atoms with Crippen LogP contribution in [-0.4, -0.2) is 56.3 Å². The van der Waals surface area contributed by atoms with Crippen LogP contribution in [0.1, 0.15) is 48.9 Å². The number of piperazine rings is 1. The largest absolute Gasteiger partial charge is 0.483 e. The topological polar surface area (TPSA) is 78.9 Å². The van der Waals surface area contributed by atoms with E-state index in [9.17, 15) is 13.2 Å². The van der Waals surface area contributed by atoms with Crippen LogP contribution in [-0.2, 0) is 14.8 Å². The van der Waals surface area contributed by atoms with Gasteiger partial charge in [0, 0.05) is 31.9 Å². The minimum Gasteiger partial charge on any atom is -0.483 e. The first-order chi connectivity index (χ1) is 20.9. The van der Waals surface area contributed by atoms with E-state index in [2.05, 4.69) is 48.3 Å². The molecule has 0 aromatic heterocycles. The molecule has 0 spiro atoms. The van der Waals surface area contributed by atoms with Crippen LogP contribution in [0.2, 0.25) is 0 Å². The van der Waals surface area contributed by atoms with E-state index in [0.29, 0.717) is 43.5 Å². The number of carbonyl (C=O) groups is 1. The number of nitrogens with one attached hydrogen (secondary N) is 1. The Kier molecular flexibility index (Phi) is 9.92. The van der Waals surface area contributed by atoms with Crippen molar-refractivity contribution >= 4 is 21.6 Å². The summed E-state index contributed by atoms with van der Waals surface area (Å²) in [4.78, 5) is 15.1. The Bertz CT molecular complexity index is 1550. The molecule has 7 nitrogen and oxygen atoms in total. The lowest BCUT2D eigenvalue weighted by atomic mass is 9.96. The highest BCUT2D eigenvalue weighted by Gasteiger charge is 2.32. The summed E-state index contributed by atoms with van der Waals surface area (Å²) >= 11 is 0. The normalized spacial score (nSPS) is 15.2. The zero-order valence-corrected chi connectivity index (χ0v) is 25.5. The van der Waals surface area contributed by atoms with Crippen LogP contribution in [0.4, 0.5) is 5.69 Å². The average molecular weight is 598 g/mol. The van der Waals surface area contributed by atoms with Gasteiger partial charge in [-0.2, -0.15) is 4.31 Å². The van der Waals surface area contributed by atoms with Gasteiger partial charge < -0.3 is 10.1 Å². The summed E-state index contributed by atoms with van der Waals surface area (Å²) in [5.74, 6) is 0.718. The first-order valence-electron chi connectivity index (χ1n) is 14.8. The second-order valence-corrected chi connectivity index (χ2v) is 12.8. The molecule has 1 heterocycles. The molecule has 0 saturated carbocycles. The Hall–Kier alpha value is -3.98. The smallest absolute Gasteiger partial charge is 0.262 e. The summed E-state index contributed by atoms with van der Waals surface area (Å²) in [6, 6.07) is 34.8. The number of amides is 1. The summed E-state index contributed by atoms with van der Waals surface area (Å²) in [5.41, 5.74) is 3.96. The molecule has 0 bridgehead atoms. The highest BCUT2D eigenvalue weighted by Crippen LogP contribution is 2.31. The molecule has 1 N–H and O–H groups in total. The van der Waals surface area contributed by atoms with E-state index in [1.54, 1.807) is 28.6 Å². The van der Waals surface area contributed by atoms with Crippen molar-refractivity contribution in [2.75, 3.05) is 38.1 Å². The van der Waals surface area contributed by atoms with Gasteiger partial charge in [0.25, 0.3) is 5.91 Å². The lowest BCUT2D eigenvalue weighted by Gasteiger charge is -2.39. The Morgan fingerprint density at radius 3 is 1.93 bits per heavy atom. The quantitative estimate of drug-likeness (QED) is 0.219. The van der Waals surface area contributed by atoms with Crippen LogP contribution in [0.25, 0.3) is 0 Å². The predicted molar refractivity (Wildman–Crippen MR) is 171 cm³/mol. The van der Waals surface area contributed by atoms with Crippen molar-refractivity contribution in [2.45, 2.75) is 37.1 Å². The molecule has 5 rings (SSSR count). The lowest BCUT2D eigenvalue weighted by molar-refractivity contribution is -0.118. The Labute approximate surface area is 255 Å². The molecule has 1 unspecified atom stereocenters. The van der Waals surface area contributed by atoms with E-state index in [1.165, 1.54) is 11.1 Å². The molecule has 224 valence electrons.